The number of fused-ring (bicyclic) bond motifs is 1. The van der Waals surface area contributed by atoms with Crippen molar-refractivity contribution in [1.29, 1.82) is 0 Å². The lowest BCUT2D eigenvalue weighted by molar-refractivity contribution is -0.117. The Bertz CT molecular complexity index is 702. The van der Waals surface area contributed by atoms with Crippen LogP contribution in [0.4, 0.5) is 17.3 Å². The van der Waals surface area contributed by atoms with Gasteiger partial charge in [-0.15, -0.1) is 0 Å². The molecule has 20 heavy (non-hydrogen) atoms. The summed E-state index contributed by atoms with van der Waals surface area (Å²) in [5.41, 5.74) is 2.67. The van der Waals surface area contributed by atoms with Gasteiger partial charge in [0.25, 0.3) is 0 Å². The van der Waals surface area contributed by atoms with Crippen LogP contribution >= 0.6 is 11.6 Å². The first-order valence-corrected chi connectivity index (χ1v) is 6.57. The third kappa shape index (κ3) is 2.10. The number of anilines is 3. The average Bonchev–Trinajstić information content (AvgIpc) is 2.72. The van der Waals surface area contributed by atoms with Crippen molar-refractivity contribution in [3.8, 4) is 0 Å². The van der Waals surface area contributed by atoms with Crippen LogP contribution in [-0.2, 0) is 11.2 Å². The van der Waals surface area contributed by atoms with Gasteiger partial charge >= 0.3 is 0 Å². The Morgan fingerprint density at radius 2 is 2.15 bits per heavy atom. The second kappa shape index (κ2) is 4.76. The predicted molar refractivity (Wildman–Crippen MR) is 78.6 cm³/mol. The first-order chi connectivity index (χ1) is 9.56. The van der Waals surface area contributed by atoms with Crippen molar-refractivity contribution in [2.24, 2.45) is 0 Å². The maximum absolute atomic E-state index is 11.7. The van der Waals surface area contributed by atoms with Crippen LogP contribution in [-0.4, -0.2) is 22.9 Å². The summed E-state index contributed by atoms with van der Waals surface area (Å²) in [6.07, 6.45) is 1.76. The molecule has 1 aromatic heterocycles. The van der Waals surface area contributed by atoms with Crippen LogP contribution in [0.3, 0.4) is 0 Å². The molecular weight excluding hydrogens is 276 g/mol. The number of nitrogens with one attached hydrogen (secondary N) is 1. The normalized spacial score (nSPS) is 13.6. The number of aryl methyl sites for hydroxylation is 1. The Morgan fingerprint density at radius 1 is 1.35 bits per heavy atom. The van der Waals surface area contributed by atoms with Gasteiger partial charge in [0.2, 0.25) is 5.91 Å². The number of carbonyl (C=O) groups is 1. The highest BCUT2D eigenvalue weighted by atomic mass is 35.5. The summed E-state index contributed by atoms with van der Waals surface area (Å²) in [6.45, 7) is 1.95. The molecule has 1 N–H and O–H groups in total. The van der Waals surface area contributed by atoms with E-state index in [9.17, 15) is 4.79 Å². The summed E-state index contributed by atoms with van der Waals surface area (Å²) in [5, 5.41) is 3.89. The Kier molecular flexibility index (Phi) is 3.06. The third-order valence-electron chi connectivity index (χ3n) is 3.38. The lowest BCUT2D eigenvalue weighted by atomic mass is 10.2. The van der Waals surface area contributed by atoms with Gasteiger partial charge in [0.05, 0.1) is 6.42 Å². The summed E-state index contributed by atoms with van der Waals surface area (Å²) < 4.78 is 0. The summed E-state index contributed by atoms with van der Waals surface area (Å²) in [5.74, 6) is 1.32. The topological polar surface area (TPSA) is 58.1 Å². The zero-order chi connectivity index (χ0) is 14.3. The van der Waals surface area contributed by atoms with E-state index in [1.807, 2.05) is 25.1 Å². The number of amides is 1. The largest absolute Gasteiger partial charge is 0.340 e. The SMILES string of the molecule is Cc1ccc(Nc2ncnc3c2CC(=O)N3C)cc1Cl. The molecule has 0 unspecified atom stereocenters. The van der Waals surface area contributed by atoms with E-state index < -0.39 is 0 Å². The van der Waals surface area contributed by atoms with Gasteiger partial charge in [-0.2, -0.15) is 0 Å². The number of nitrogens with zero attached hydrogens (tertiary/aromatic N) is 3. The molecule has 3 rings (SSSR count). The number of halogens is 1. The van der Waals surface area contributed by atoms with Crippen LogP contribution in [0, 0.1) is 6.92 Å². The fraction of sp³-hybridized carbons (Fsp3) is 0.214. The van der Waals surface area contributed by atoms with Crippen LogP contribution in [0.1, 0.15) is 11.1 Å². The third-order valence-corrected chi connectivity index (χ3v) is 3.78. The van der Waals surface area contributed by atoms with Crippen molar-refractivity contribution in [1.82, 2.24) is 9.97 Å². The summed E-state index contributed by atoms with van der Waals surface area (Å²) in [7, 11) is 1.72. The lowest BCUT2D eigenvalue weighted by Crippen LogP contribution is -2.21. The van der Waals surface area contributed by atoms with Crippen LogP contribution in [0.5, 0.6) is 0 Å². The van der Waals surface area contributed by atoms with Gasteiger partial charge in [-0.1, -0.05) is 17.7 Å². The predicted octanol–water partition coefficient (Wildman–Crippen LogP) is 2.70. The highest BCUT2D eigenvalue weighted by Gasteiger charge is 2.28. The number of likely N-dealkylation sites (N-methyl/N-ethyl adjacent to an activating group) is 1. The Hall–Kier alpha value is -2.14. The second-order valence-corrected chi connectivity index (χ2v) is 5.15. The minimum Gasteiger partial charge on any atom is -0.340 e. The van der Waals surface area contributed by atoms with Crippen LogP contribution in [0.15, 0.2) is 24.5 Å². The minimum atomic E-state index is 0.0190. The molecule has 1 aliphatic heterocycles. The molecule has 6 heteroatoms. The van der Waals surface area contributed by atoms with Crippen molar-refractivity contribution < 1.29 is 4.79 Å². The molecule has 2 heterocycles. The van der Waals surface area contributed by atoms with Crippen molar-refractivity contribution >= 4 is 34.8 Å². The first kappa shape index (κ1) is 12.9. The van der Waals surface area contributed by atoms with E-state index in [-0.39, 0.29) is 5.91 Å². The standard InChI is InChI=1S/C14H13ClN4O/c1-8-3-4-9(5-11(8)15)18-13-10-6-12(20)19(2)14(10)17-7-16-13/h3-5,7H,6H2,1-2H3,(H,16,17,18). The number of hydrogen-bond acceptors (Lipinski definition) is 4. The molecule has 0 atom stereocenters. The summed E-state index contributed by atoms with van der Waals surface area (Å²) in [4.78, 5) is 21.7. The van der Waals surface area contributed by atoms with Crippen molar-refractivity contribution in [3.05, 3.63) is 40.7 Å². The summed E-state index contributed by atoms with van der Waals surface area (Å²) in [6, 6.07) is 5.70. The van der Waals surface area contributed by atoms with Gasteiger partial charge in [-0.3, -0.25) is 9.69 Å². The number of carbonyl (C=O) groups excluding carboxylic acids is 1. The molecule has 0 fully saturated rings. The molecule has 0 saturated carbocycles. The molecule has 0 bridgehead atoms. The quantitative estimate of drug-likeness (QED) is 0.923. The fourth-order valence-corrected chi connectivity index (χ4v) is 2.34. The lowest BCUT2D eigenvalue weighted by Gasteiger charge is -2.11. The van der Waals surface area contributed by atoms with E-state index in [1.165, 1.54) is 6.33 Å². The first-order valence-electron chi connectivity index (χ1n) is 6.20. The van der Waals surface area contributed by atoms with Gasteiger partial charge in [0.1, 0.15) is 18.0 Å². The molecule has 0 spiro atoms. The minimum absolute atomic E-state index is 0.0190. The van der Waals surface area contributed by atoms with E-state index in [4.69, 9.17) is 11.6 Å². The average molecular weight is 289 g/mol. The maximum atomic E-state index is 11.7. The maximum Gasteiger partial charge on any atom is 0.232 e. The Morgan fingerprint density at radius 3 is 2.90 bits per heavy atom. The van der Waals surface area contributed by atoms with Crippen LogP contribution in [0.2, 0.25) is 5.02 Å². The van der Waals surface area contributed by atoms with Gasteiger partial charge in [-0.05, 0) is 24.6 Å². The molecule has 0 aliphatic carbocycles. The molecule has 0 radical (unpaired) electrons. The van der Waals surface area contributed by atoms with Crippen molar-refractivity contribution in [2.75, 3.05) is 17.3 Å². The molecule has 1 amide bonds. The monoisotopic (exact) mass is 288 g/mol. The number of aromatic nitrogens is 2. The van der Waals surface area contributed by atoms with Crippen LogP contribution in [0.25, 0.3) is 0 Å². The molecular formula is C14H13ClN4O. The van der Waals surface area contributed by atoms with E-state index in [0.717, 1.165) is 16.8 Å². The Balaban J connectivity index is 1.96. The van der Waals surface area contributed by atoms with Crippen LogP contribution < -0.4 is 10.2 Å². The molecule has 102 valence electrons. The van der Waals surface area contributed by atoms with Crippen molar-refractivity contribution in [3.63, 3.8) is 0 Å². The van der Waals surface area contributed by atoms with Gasteiger partial charge in [0, 0.05) is 23.3 Å². The van der Waals surface area contributed by atoms with E-state index in [0.29, 0.717) is 23.1 Å². The molecule has 2 aromatic rings. The Labute approximate surface area is 121 Å². The highest BCUT2D eigenvalue weighted by molar-refractivity contribution is 6.31. The summed E-state index contributed by atoms with van der Waals surface area (Å²) >= 11 is 6.11. The number of hydrogen-bond donors (Lipinski definition) is 1. The van der Waals surface area contributed by atoms with Gasteiger partial charge < -0.3 is 5.32 Å². The van der Waals surface area contributed by atoms with Gasteiger partial charge in [0.15, 0.2) is 0 Å². The van der Waals surface area contributed by atoms with Gasteiger partial charge in [-0.25, -0.2) is 9.97 Å². The smallest absolute Gasteiger partial charge is 0.232 e. The highest BCUT2D eigenvalue weighted by Crippen LogP contribution is 2.32. The van der Waals surface area contributed by atoms with Crippen molar-refractivity contribution in [2.45, 2.75) is 13.3 Å². The van der Waals surface area contributed by atoms with E-state index in [2.05, 4.69) is 15.3 Å². The molecule has 1 aliphatic rings. The molecule has 0 saturated heterocycles. The number of rotatable bonds is 2. The zero-order valence-corrected chi connectivity index (χ0v) is 11.9. The number of benzene rings is 1. The molecule has 5 nitrogen and oxygen atoms in total. The second-order valence-electron chi connectivity index (χ2n) is 4.74. The van der Waals surface area contributed by atoms with E-state index in [1.54, 1.807) is 11.9 Å². The fourth-order valence-electron chi connectivity index (χ4n) is 2.16. The zero-order valence-electron chi connectivity index (χ0n) is 11.1. The van der Waals surface area contributed by atoms with E-state index >= 15 is 0 Å². The molecule has 1 aromatic carbocycles.